The summed E-state index contributed by atoms with van der Waals surface area (Å²) in [6.07, 6.45) is 5.87. The molecule has 1 aromatic rings. The lowest BCUT2D eigenvalue weighted by Crippen LogP contribution is -2.14. The first-order valence-electron chi connectivity index (χ1n) is 8.37. The molecule has 0 heterocycles. The third-order valence-corrected chi connectivity index (χ3v) is 6.28. The molecule has 0 aliphatic rings. The van der Waals surface area contributed by atoms with Gasteiger partial charge in [0.25, 0.3) is 0 Å². The Bertz CT molecular complexity index is 519. The van der Waals surface area contributed by atoms with Crippen LogP contribution in [0.25, 0.3) is 0 Å². The molecule has 0 saturated heterocycles. The molecule has 0 spiro atoms. The average Bonchev–Trinajstić information content (AvgIpc) is 2.55. The van der Waals surface area contributed by atoms with Crippen molar-refractivity contribution in [3.05, 3.63) is 24.3 Å². The van der Waals surface area contributed by atoms with Crippen LogP contribution in [0.15, 0.2) is 34.1 Å². The minimum Gasteiger partial charge on any atom is -0.481 e. The van der Waals surface area contributed by atoms with Crippen LogP contribution in [-0.4, -0.2) is 33.2 Å². The molecule has 1 unspecified atom stereocenters. The van der Waals surface area contributed by atoms with Crippen LogP contribution in [-0.2, 0) is 9.59 Å². The van der Waals surface area contributed by atoms with Gasteiger partial charge in [0, 0.05) is 16.2 Å². The highest BCUT2D eigenvalue weighted by molar-refractivity contribution is 8.03. The zero-order valence-corrected chi connectivity index (χ0v) is 15.7. The SMILES string of the molecule is CCC(Sc1ccccc1SCCCCCCCC(=O)O)C(=O)O. The maximum Gasteiger partial charge on any atom is 0.316 e. The highest BCUT2D eigenvalue weighted by Gasteiger charge is 2.18. The molecule has 24 heavy (non-hydrogen) atoms. The molecule has 0 bridgehead atoms. The molecule has 1 rings (SSSR count). The van der Waals surface area contributed by atoms with Gasteiger partial charge in [0.15, 0.2) is 0 Å². The lowest BCUT2D eigenvalue weighted by atomic mass is 10.1. The molecule has 1 aromatic carbocycles. The highest BCUT2D eigenvalue weighted by atomic mass is 32.2. The summed E-state index contributed by atoms with van der Waals surface area (Å²) in [5.74, 6) is -0.476. The van der Waals surface area contributed by atoms with E-state index < -0.39 is 17.2 Å². The van der Waals surface area contributed by atoms with Gasteiger partial charge in [-0.25, -0.2) is 0 Å². The van der Waals surface area contributed by atoms with Gasteiger partial charge in [0.05, 0.1) is 0 Å². The van der Waals surface area contributed by atoms with Crippen LogP contribution in [0.5, 0.6) is 0 Å². The number of thioether (sulfide) groups is 2. The summed E-state index contributed by atoms with van der Waals surface area (Å²) in [5, 5.41) is 17.4. The summed E-state index contributed by atoms with van der Waals surface area (Å²) in [4.78, 5) is 23.8. The molecule has 134 valence electrons. The first kappa shape index (κ1) is 20.9. The molecule has 2 N–H and O–H groups in total. The molecule has 0 aromatic heterocycles. The van der Waals surface area contributed by atoms with Crippen LogP contribution in [0.2, 0.25) is 0 Å². The van der Waals surface area contributed by atoms with Crippen LogP contribution in [0.3, 0.4) is 0 Å². The first-order valence-corrected chi connectivity index (χ1v) is 10.2. The summed E-state index contributed by atoms with van der Waals surface area (Å²) in [7, 11) is 0. The van der Waals surface area contributed by atoms with Crippen LogP contribution in [0.4, 0.5) is 0 Å². The summed E-state index contributed by atoms with van der Waals surface area (Å²) < 4.78 is 0. The van der Waals surface area contributed by atoms with E-state index in [0.29, 0.717) is 6.42 Å². The molecular formula is C18H26O4S2. The normalized spacial score (nSPS) is 12.0. The zero-order valence-electron chi connectivity index (χ0n) is 14.1. The lowest BCUT2D eigenvalue weighted by Gasteiger charge is -2.13. The summed E-state index contributed by atoms with van der Waals surface area (Å²) in [6.45, 7) is 1.89. The van der Waals surface area contributed by atoms with Gasteiger partial charge in [-0.3, -0.25) is 9.59 Å². The number of unbranched alkanes of at least 4 members (excludes halogenated alkanes) is 4. The Morgan fingerprint density at radius 1 is 1.00 bits per heavy atom. The number of carboxylic acid groups (broad SMARTS) is 2. The van der Waals surface area contributed by atoms with Gasteiger partial charge >= 0.3 is 11.9 Å². The van der Waals surface area contributed by atoms with E-state index in [9.17, 15) is 14.7 Å². The van der Waals surface area contributed by atoms with Crippen molar-refractivity contribution in [3.63, 3.8) is 0 Å². The topological polar surface area (TPSA) is 74.6 Å². The minimum atomic E-state index is -0.760. The fourth-order valence-electron chi connectivity index (χ4n) is 2.22. The van der Waals surface area contributed by atoms with Gasteiger partial charge in [-0.05, 0) is 37.1 Å². The van der Waals surface area contributed by atoms with Gasteiger partial charge in [0.1, 0.15) is 5.25 Å². The van der Waals surface area contributed by atoms with Gasteiger partial charge < -0.3 is 10.2 Å². The van der Waals surface area contributed by atoms with Crippen LogP contribution in [0.1, 0.15) is 51.9 Å². The van der Waals surface area contributed by atoms with Crippen LogP contribution >= 0.6 is 23.5 Å². The van der Waals surface area contributed by atoms with Gasteiger partial charge in [0.2, 0.25) is 0 Å². The number of hydrogen-bond donors (Lipinski definition) is 2. The quantitative estimate of drug-likeness (QED) is 0.369. The third kappa shape index (κ3) is 8.64. The number of carboxylic acids is 2. The van der Waals surface area contributed by atoms with Crippen molar-refractivity contribution in [2.24, 2.45) is 0 Å². The Hall–Kier alpha value is -1.14. The Kier molecular flexibility index (Phi) is 10.7. The van der Waals surface area contributed by atoms with Crippen LogP contribution in [0, 0.1) is 0 Å². The largest absolute Gasteiger partial charge is 0.481 e. The van der Waals surface area contributed by atoms with E-state index in [0.717, 1.165) is 47.6 Å². The van der Waals surface area contributed by atoms with E-state index in [2.05, 4.69) is 6.07 Å². The third-order valence-electron chi connectivity index (χ3n) is 3.56. The van der Waals surface area contributed by atoms with Crippen molar-refractivity contribution in [3.8, 4) is 0 Å². The van der Waals surface area contributed by atoms with Crippen molar-refractivity contribution in [2.45, 2.75) is 66.9 Å². The fraction of sp³-hybridized carbons (Fsp3) is 0.556. The zero-order chi connectivity index (χ0) is 17.8. The number of aliphatic carboxylic acids is 2. The average molecular weight is 371 g/mol. The Balaban J connectivity index is 2.32. The Morgan fingerprint density at radius 3 is 2.25 bits per heavy atom. The molecule has 6 heteroatoms. The number of carbonyl (C=O) groups is 2. The Morgan fingerprint density at radius 2 is 1.62 bits per heavy atom. The monoisotopic (exact) mass is 370 g/mol. The first-order chi connectivity index (χ1) is 11.5. The molecule has 1 atom stereocenters. The van der Waals surface area contributed by atoms with E-state index in [1.807, 2.05) is 25.1 Å². The van der Waals surface area contributed by atoms with Crippen molar-refractivity contribution in [1.29, 1.82) is 0 Å². The second-order valence-corrected chi connectivity index (χ2v) is 7.94. The van der Waals surface area contributed by atoms with E-state index in [4.69, 9.17) is 5.11 Å². The van der Waals surface area contributed by atoms with E-state index in [1.165, 1.54) is 11.8 Å². The minimum absolute atomic E-state index is 0.265. The number of benzene rings is 1. The predicted octanol–water partition coefficient (Wildman–Crippen LogP) is 5.16. The fourth-order valence-corrected chi connectivity index (χ4v) is 4.41. The molecule has 4 nitrogen and oxygen atoms in total. The summed E-state index contributed by atoms with van der Waals surface area (Å²) in [5.41, 5.74) is 0. The van der Waals surface area contributed by atoms with Crippen molar-refractivity contribution < 1.29 is 19.8 Å². The molecule has 0 fully saturated rings. The number of hydrogen-bond acceptors (Lipinski definition) is 4. The lowest BCUT2D eigenvalue weighted by molar-refractivity contribution is -0.137. The van der Waals surface area contributed by atoms with E-state index in [-0.39, 0.29) is 6.42 Å². The maximum atomic E-state index is 11.2. The molecule has 0 amide bonds. The molecule has 0 aliphatic heterocycles. The smallest absolute Gasteiger partial charge is 0.316 e. The standard InChI is InChI=1S/C18H26O4S2/c1-2-14(18(21)22)24-16-11-8-7-10-15(16)23-13-9-5-3-4-6-12-17(19)20/h7-8,10-11,14H,2-6,9,12-13H2,1H3,(H,19,20)(H,21,22). The highest BCUT2D eigenvalue weighted by Crippen LogP contribution is 2.34. The van der Waals surface area contributed by atoms with Crippen molar-refractivity contribution >= 4 is 35.5 Å². The molecule has 0 saturated carbocycles. The van der Waals surface area contributed by atoms with Gasteiger partial charge in [-0.1, -0.05) is 38.3 Å². The predicted molar refractivity (Wildman–Crippen MR) is 100 cm³/mol. The molecule has 0 radical (unpaired) electrons. The second kappa shape index (κ2) is 12.3. The van der Waals surface area contributed by atoms with E-state index >= 15 is 0 Å². The number of rotatable bonds is 13. The molecular weight excluding hydrogens is 344 g/mol. The maximum absolute atomic E-state index is 11.2. The Labute approximate surface area is 152 Å². The summed E-state index contributed by atoms with van der Waals surface area (Å²) >= 11 is 3.20. The van der Waals surface area contributed by atoms with Gasteiger partial charge in [-0.2, -0.15) is 0 Å². The van der Waals surface area contributed by atoms with Crippen molar-refractivity contribution in [1.82, 2.24) is 0 Å². The van der Waals surface area contributed by atoms with Crippen molar-refractivity contribution in [2.75, 3.05) is 5.75 Å². The second-order valence-electron chi connectivity index (χ2n) is 5.56. The summed E-state index contributed by atoms with van der Waals surface area (Å²) in [6, 6.07) is 7.97. The van der Waals surface area contributed by atoms with E-state index in [1.54, 1.807) is 11.8 Å². The van der Waals surface area contributed by atoms with Crippen LogP contribution < -0.4 is 0 Å². The molecule has 0 aliphatic carbocycles. The van der Waals surface area contributed by atoms with Gasteiger partial charge in [-0.15, -0.1) is 23.5 Å².